The summed E-state index contributed by atoms with van der Waals surface area (Å²) >= 11 is 0. The van der Waals surface area contributed by atoms with Gasteiger partial charge in [-0.2, -0.15) is 0 Å². The Morgan fingerprint density at radius 1 is 1.38 bits per heavy atom. The molecular weight excluding hydrogens is 162 g/mol. The van der Waals surface area contributed by atoms with E-state index in [1.807, 2.05) is 24.3 Å². The maximum Gasteiger partial charge on any atom is 0.0704 e. The molecule has 0 aliphatic heterocycles. The van der Waals surface area contributed by atoms with Crippen LogP contribution in [-0.2, 0) is 0 Å². The zero-order valence-electron chi connectivity index (χ0n) is 7.77. The third kappa shape index (κ3) is 2.41. The first-order chi connectivity index (χ1) is 6.15. The number of benzene rings is 1. The van der Waals surface area contributed by atoms with E-state index in [4.69, 9.17) is 5.73 Å². The SMILES string of the molecule is C=Cc1ccc([C@@H](N)[C@H](C)O)cc1. The van der Waals surface area contributed by atoms with Crippen LogP contribution in [0.3, 0.4) is 0 Å². The van der Waals surface area contributed by atoms with Gasteiger partial charge in [0.15, 0.2) is 0 Å². The van der Waals surface area contributed by atoms with E-state index in [0.717, 1.165) is 11.1 Å². The van der Waals surface area contributed by atoms with E-state index in [1.54, 1.807) is 13.0 Å². The molecule has 1 rings (SSSR count). The van der Waals surface area contributed by atoms with E-state index >= 15 is 0 Å². The largest absolute Gasteiger partial charge is 0.391 e. The van der Waals surface area contributed by atoms with Crippen LogP contribution < -0.4 is 5.73 Å². The number of rotatable bonds is 3. The zero-order chi connectivity index (χ0) is 9.84. The van der Waals surface area contributed by atoms with Crippen LogP contribution in [0.15, 0.2) is 30.8 Å². The lowest BCUT2D eigenvalue weighted by molar-refractivity contribution is 0.164. The highest BCUT2D eigenvalue weighted by Crippen LogP contribution is 2.15. The summed E-state index contributed by atoms with van der Waals surface area (Å²) in [5, 5.41) is 9.26. The van der Waals surface area contributed by atoms with Crippen molar-refractivity contribution < 1.29 is 5.11 Å². The number of hydrogen-bond donors (Lipinski definition) is 2. The van der Waals surface area contributed by atoms with Crippen molar-refractivity contribution in [1.29, 1.82) is 0 Å². The molecule has 2 nitrogen and oxygen atoms in total. The van der Waals surface area contributed by atoms with Gasteiger partial charge in [0.25, 0.3) is 0 Å². The zero-order valence-corrected chi connectivity index (χ0v) is 7.77. The Morgan fingerprint density at radius 2 is 1.92 bits per heavy atom. The molecule has 0 saturated carbocycles. The van der Waals surface area contributed by atoms with Crippen molar-refractivity contribution in [3.05, 3.63) is 42.0 Å². The van der Waals surface area contributed by atoms with Crippen LogP contribution in [0.2, 0.25) is 0 Å². The molecule has 1 aromatic carbocycles. The third-order valence-electron chi connectivity index (χ3n) is 2.08. The first kappa shape index (κ1) is 9.96. The third-order valence-corrected chi connectivity index (χ3v) is 2.08. The predicted molar refractivity (Wildman–Crippen MR) is 55.1 cm³/mol. The molecule has 70 valence electrons. The molecule has 0 radical (unpaired) electrons. The fourth-order valence-electron chi connectivity index (χ4n) is 1.13. The Morgan fingerprint density at radius 3 is 2.31 bits per heavy atom. The van der Waals surface area contributed by atoms with Crippen molar-refractivity contribution in [2.75, 3.05) is 0 Å². The molecule has 0 amide bonds. The fourth-order valence-corrected chi connectivity index (χ4v) is 1.13. The first-order valence-electron chi connectivity index (χ1n) is 4.31. The molecule has 0 saturated heterocycles. The number of aliphatic hydroxyl groups is 1. The van der Waals surface area contributed by atoms with Gasteiger partial charge in [-0.15, -0.1) is 0 Å². The molecule has 0 bridgehead atoms. The lowest BCUT2D eigenvalue weighted by Crippen LogP contribution is -2.22. The van der Waals surface area contributed by atoms with Crippen LogP contribution >= 0.6 is 0 Å². The van der Waals surface area contributed by atoms with E-state index in [1.165, 1.54) is 0 Å². The van der Waals surface area contributed by atoms with E-state index < -0.39 is 6.10 Å². The van der Waals surface area contributed by atoms with Gasteiger partial charge in [0.2, 0.25) is 0 Å². The van der Waals surface area contributed by atoms with E-state index in [0.29, 0.717) is 0 Å². The molecule has 0 fully saturated rings. The second-order valence-electron chi connectivity index (χ2n) is 3.14. The smallest absolute Gasteiger partial charge is 0.0704 e. The minimum Gasteiger partial charge on any atom is -0.391 e. The van der Waals surface area contributed by atoms with Gasteiger partial charge in [0.05, 0.1) is 12.1 Å². The van der Waals surface area contributed by atoms with Crippen molar-refractivity contribution >= 4 is 6.08 Å². The molecule has 0 heterocycles. The monoisotopic (exact) mass is 177 g/mol. The normalized spacial score (nSPS) is 15.0. The summed E-state index contributed by atoms with van der Waals surface area (Å²) in [4.78, 5) is 0. The molecule has 0 aliphatic rings. The summed E-state index contributed by atoms with van der Waals surface area (Å²) in [5.74, 6) is 0. The summed E-state index contributed by atoms with van der Waals surface area (Å²) in [6.45, 7) is 5.35. The van der Waals surface area contributed by atoms with Gasteiger partial charge in [0, 0.05) is 0 Å². The van der Waals surface area contributed by atoms with Crippen molar-refractivity contribution in [2.24, 2.45) is 5.73 Å². The van der Waals surface area contributed by atoms with Crippen LogP contribution in [0.1, 0.15) is 24.1 Å². The first-order valence-corrected chi connectivity index (χ1v) is 4.31. The van der Waals surface area contributed by atoms with Crippen molar-refractivity contribution in [2.45, 2.75) is 19.1 Å². The Bertz CT molecular complexity index is 277. The van der Waals surface area contributed by atoms with Crippen LogP contribution in [-0.4, -0.2) is 11.2 Å². The molecule has 0 spiro atoms. The van der Waals surface area contributed by atoms with Crippen molar-refractivity contribution in [3.8, 4) is 0 Å². The maximum atomic E-state index is 9.26. The van der Waals surface area contributed by atoms with Gasteiger partial charge in [-0.25, -0.2) is 0 Å². The summed E-state index contributed by atoms with van der Waals surface area (Å²) in [5.41, 5.74) is 7.76. The Labute approximate surface area is 78.7 Å². The molecule has 2 heteroatoms. The Hall–Kier alpha value is -1.12. The minimum absolute atomic E-state index is 0.307. The van der Waals surface area contributed by atoms with Gasteiger partial charge in [-0.3, -0.25) is 0 Å². The van der Waals surface area contributed by atoms with Crippen LogP contribution in [0.25, 0.3) is 6.08 Å². The van der Waals surface area contributed by atoms with Gasteiger partial charge < -0.3 is 10.8 Å². The molecule has 0 unspecified atom stereocenters. The highest BCUT2D eigenvalue weighted by atomic mass is 16.3. The lowest BCUT2D eigenvalue weighted by atomic mass is 10.0. The quantitative estimate of drug-likeness (QED) is 0.738. The van der Waals surface area contributed by atoms with Crippen LogP contribution in [0.4, 0.5) is 0 Å². The topological polar surface area (TPSA) is 46.2 Å². The van der Waals surface area contributed by atoms with E-state index in [-0.39, 0.29) is 6.04 Å². The van der Waals surface area contributed by atoms with Gasteiger partial charge in [0.1, 0.15) is 0 Å². The van der Waals surface area contributed by atoms with Gasteiger partial charge in [-0.05, 0) is 18.1 Å². The summed E-state index contributed by atoms with van der Waals surface area (Å²) < 4.78 is 0. The average molecular weight is 177 g/mol. The highest BCUT2D eigenvalue weighted by molar-refractivity contribution is 5.47. The molecule has 13 heavy (non-hydrogen) atoms. The van der Waals surface area contributed by atoms with Gasteiger partial charge in [-0.1, -0.05) is 36.9 Å². The Kier molecular flexibility index (Phi) is 3.23. The fraction of sp³-hybridized carbons (Fsp3) is 0.273. The molecule has 1 aromatic rings. The van der Waals surface area contributed by atoms with E-state index in [2.05, 4.69) is 6.58 Å². The second-order valence-corrected chi connectivity index (χ2v) is 3.14. The van der Waals surface area contributed by atoms with Crippen molar-refractivity contribution in [3.63, 3.8) is 0 Å². The predicted octanol–water partition coefficient (Wildman–Crippen LogP) is 1.71. The second kappa shape index (κ2) is 4.21. The standard InChI is InChI=1S/C11H15NO/c1-3-9-4-6-10(7-5-9)11(12)8(2)13/h3-8,11,13H,1,12H2,2H3/t8-,11-/m0/s1. The summed E-state index contributed by atoms with van der Waals surface area (Å²) in [6, 6.07) is 7.39. The maximum absolute atomic E-state index is 9.26. The molecule has 3 N–H and O–H groups in total. The van der Waals surface area contributed by atoms with Gasteiger partial charge >= 0.3 is 0 Å². The summed E-state index contributed by atoms with van der Waals surface area (Å²) in [7, 11) is 0. The van der Waals surface area contributed by atoms with Crippen molar-refractivity contribution in [1.82, 2.24) is 0 Å². The lowest BCUT2D eigenvalue weighted by Gasteiger charge is -2.14. The Balaban J connectivity index is 2.85. The number of hydrogen-bond acceptors (Lipinski definition) is 2. The number of nitrogens with two attached hydrogens (primary N) is 1. The molecule has 0 aliphatic carbocycles. The number of aliphatic hydroxyl groups excluding tert-OH is 1. The molecule has 0 aromatic heterocycles. The minimum atomic E-state index is -0.519. The van der Waals surface area contributed by atoms with Crippen LogP contribution in [0.5, 0.6) is 0 Å². The average Bonchev–Trinajstić information content (AvgIpc) is 2.17. The summed E-state index contributed by atoms with van der Waals surface area (Å²) in [6.07, 6.45) is 1.26. The highest BCUT2D eigenvalue weighted by Gasteiger charge is 2.10. The molecular formula is C11H15NO. The van der Waals surface area contributed by atoms with Crippen LogP contribution in [0, 0.1) is 0 Å². The molecule has 2 atom stereocenters. The van der Waals surface area contributed by atoms with E-state index in [9.17, 15) is 5.11 Å².